The highest BCUT2D eigenvalue weighted by molar-refractivity contribution is 5.82. The number of carbonyl (C=O) groups is 2. The number of amides is 1. The van der Waals surface area contributed by atoms with Crippen molar-refractivity contribution in [2.24, 2.45) is 11.8 Å². The van der Waals surface area contributed by atoms with Crippen LogP contribution in [0.1, 0.15) is 46.0 Å². The zero-order chi connectivity index (χ0) is 12.6. The van der Waals surface area contributed by atoms with Gasteiger partial charge in [0.05, 0.1) is 5.92 Å². The second kappa shape index (κ2) is 4.67. The predicted molar refractivity (Wildman–Crippen MR) is 63.5 cm³/mol. The zero-order valence-electron chi connectivity index (χ0n) is 10.6. The van der Waals surface area contributed by atoms with Gasteiger partial charge < -0.3 is 10.0 Å². The fourth-order valence-corrected chi connectivity index (χ4v) is 3.45. The lowest BCUT2D eigenvalue weighted by atomic mass is 9.89. The Kier molecular flexibility index (Phi) is 3.40. The van der Waals surface area contributed by atoms with Crippen molar-refractivity contribution in [3.63, 3.8) is 0 Å². The molecule has 2 aliphatic rings. The average Bonchev–Trinajstić information content (AvgIpc) is 2.87. The van der Waals surface area contributed by atoms with Crippen molar-refractivity contribution < 1.29 is 14.7 Å². The number of carboxylic acids is 1. The van der Waals surface area contributed by atoms with Crippen LogP contribution < -0.4 is 0 Å². The molecule has 3 atom stereocenters. The maximum absolute atomic E-state index is 12.4. The number of carboxylic acid groups (broad SMARTS) is 1. The smallest absolute Gasteiger partial charge is 0.308 e. The monoisotopic (exact) mass is 239 g/mol. The van der Waals surface area contributed by atoms with Crippen LogP contribution in [-0.4, -0.2) is 34.0 Å². The molecule has 1 amide bonds. The minimum Gasteiger partial charge on any atom is -0.481 e. The van der Waals surface area contributed by atoms with E-state index in [0.29, 0.717) is 6.42 Å². The SMILES string of the molecule is CCC(CC)C(=O)N1C2CCC1C(C(=O)O)C2. The third-order valence-corrected chi connectivity index (χ3v) is 4.44. The summed E-state index contributed by atoms with van der Waals surface area (Å²) in [6, 6.07) is 0.153. The number of aliphatic carboxylic acids is 1. The van der Waals surface area contributed by atoms with Crippen LogP contribution in [0.3, 0.4) is 0 Å². The number of carbonyl (C=O) groups excluding carboxylic acids is 1. The van der Waals surface area contributed by atoms with E-state index >= 15 is 0 Å². The summed E-state index contributed by atoms with van der Waals surface area (Å²) in [4.78, 5) is 25.4. The quantitative estimate of drug-likeness (QED) is 0.815. The molecule has 0 aliphatic carbocycles. The maximum Gasteiger partial charge on any atom is 0.308 e. The number of hydrogen-bond acceptors (Lipinski definition) is 2. The summed E-state index contributed by atoms with van der Waals surface area (Å²) >= 11 is 0. The van der Waals surface area contributed by atoms with Gasteiger partial charge in [-0.2, -0.15) is 0 Å². The predicted octanol–water partition coefficient (Wildman–Crippen LogP) is 1.89. The lowest BCUT2D eigenvalue weighted by Gasteiger charge is -2.27. The van der Waals surface area contributed by atoms with Crippen molar-refractivity contribution in [3.05, 3.63) is 0 Å². The molecule has 4 nitrogen and oxygen atoms in total. The molecule has 3 unspecified atom stereocenters. The first-order valence-corrected chi connectivity index (χ1v) is 6.65. The fraction of sp³-hybridized carbons (Fsp3) is 0.846. The Balaban J connectivity index is 2.13. The first kappa shape index (κ1) is 12.4. The molecular weight excluding hydrogens is 218 g/mol. The highest BCUT2D eigenvalue weighted by atomic mass is 16.4. The van der Waals surface area contributed by atoms with E-state index in [1.165, 1.54) is 0 Å². The van der Waals surface area contributed by atoms with Crippen LogP contribution in [0, 0.1) is 11.8 Å². The molecule has 2 heterocycles. The van der Waals surface area contributed by atoms with E-state index in [4.69, 9.17) is 5.11 Å². The van der Waals surface area contributed by atoms with E-state index in [1.807, 2.05) is 18.7 Å². The average molecular weight is 239 g/mol. The van der Waals surface area contributed by atoms with Gasteiger partial charge in [-0.15, -0.1) is 0 Å². The third-order valence-electron chi connectivity index (χ3n) is 4.44. The molecule has 2 saturated heterocycles. The van der Waals surface area contributed by atoms with Crippen molar-refractivity contribution in [2.75, 3.05) is 0 Å². The Morgan fingerprint density at radius 3 is 2.41 bits per heavy atom. The van der Waals surface area contributed by atoms with Gasteiger partial charge in [-0.05, 0) is 32.1 Å². The van der Waals surface area contributed by atoms with Crippen LogP contribution in [0.15, 0.2) is 0 Å². The third kappa shape index (κ3) is 1.94. The highest BCUT2D eigenvalue weighted by Gasteiger charge is 2.51. The van der Waals surface area contributed by atoms with Gasteiger partial charge in [-0.3, -0.25) is 9.59 Å². The molecule has 17 heavy (non-hydrogen) atoms. The molecule has 2 rings (SSSR count). The Labute approximate surface area is 102 Å². The minimum atomic E-state index is -0.737. The Morgan fingerprint density at radius 2 is 1.94 bits per heavy atom. The van der Waals surface area contributed by atoms with Crippen molar-refractivity contribution in [3.8, 4) is 0 Å². The van der Waals surface area contributed by atoms with Gasteiger partial charge in [0.15, 0.2) is 0 Å². The van der Waals surface area contributed by atoms with Crippen LogP contribution >= 0.6 is 0 Å². The normalized spacial score (nSPS) is 31.2. The van der Waals surface area contributed by atoms with Crippen LogP contribution in [-0.2, 0) is 9.59 Å². The van der Waals surface area contributed by atoms with Crippen molar-refractivity contribution in [2.45, 2.75) is 58.0 Å². The van der Waals surface area contributed by atoms with Crippen LogP contribution in [0.5, 0.6) is 0 Å². The number of rotatable bonds is 4. The first-order valence-electron chi connectivity index (χ1n) is 6.65. The van der Waals surface area contributed by atoms with Crippen molar-refractivity contribution in [1.29, 1.82) is 0 Å². The van der Waals surface area contributed by atoms with E-state index in [2.05, 4.69) is 0 Å². The van der Waals surface area contributed by atoms with E-state index in [0.717, 1.165) is 25.7 Å². The Morgan fingerprint density at radius 1 is 1.29 bits per heavy atom. The van der Waals surface area contributed by atoms with Crippen molar-refractivity contribution in [1.82, 2.24) is 4.90 Å². The summed E-state index contributed by atoms with van der Waals surface area (Å²) in [6.07, 6.45) is 4.21. The van der Waals surface area contributed by atoms with Gasteiger partial charge in [0.2, 0.25) is 5.91 Å². The largest absolute Gasteiger partial charge is 0.481 e. The summed E-state index contributed by atoms with van der Waals surface area (Å²) in [6.45, 7) is 4.05. The first-order chi connectivity index (χ1) is 8.10. The van der Waals surface area contributed by atoms with E-state index in [9.17, 15) is 9.59 Å². The van der Waals surface area contributed by atoms with Gasteiger partial charge in [-0.1, -0.05) is 13.8 Å². The van der Waals surface area contributed by atoms with E-state index < -0.39 is 5.97 Å². The molecule has 2 aliphatic heterocycles. The highest BCUT2D eigenvalue weighted by Crippen LogP contribution is 2.42. The van der Waals surface area contributed by atoms with Crippen LogP contribution in [0.25, 0.3) is 0 Å². The van der Waals surface area contributed by atoms with Gasteiger partial charge in [0.25, 0.3) is 0 Å². The van der Waals surface area contributed by atoms with Crippen molar-refractivity contribution >= 4 is 11.9 Å². The summed E-state index contributed by atoms with van der Waals surface area (Å²) in [7, 11) is 0. The molecule has 1 N–H and O–H groups in total. The molecule has 0 aromatic heterocycles. The second-order valence-corrected chi connectivity index (χ2v) is 5.24. The van der Waals surface area contributed by atoms with Gasteiger partial charge in [0.1, 0.15) is 0 Å². The molecule has 0 saturated carbocycles. The topological polar surface area (TPSA) is 57.6 Å². The fourth-order valence-electron chi connectivity index (χ4n) is 3.45. The van der Waals surface area contributed by atoms with E-state index in [-0.39, 0.29) is 29.8 Å². The minimum absolute atomic E-state index is 0.0365. The van der Waals surface area contributed by atoms with Gasteiger partial charge >= 0.3 is 5.97 Å². The summed E-state index contributed by atoms with van der Waals surface area (Å²) in [5, 5.41) is 9.15. The summed E-state index contributed by atoms with van der Waals surface area (Å²) in [5.41, 5.74) is 0. The Hall–Kier alpha value is -1.06. The molecule has 4 heteroatoms. The van der Waals surface area contributed by atoms with E-state index in [1.54, 1.807) is 0 Å². The second-order valence-electron chi connectivity index (χ2n) is 5.24. The standard InChI is InChI=1S/C13H21NO3/c1-3-8(4-2)12(15)14-9-5-6-11(14)10(7-9)13(16)17/h8-11H,3-7H2,1-2H3,(H,16,17). The number of fused-ring (bicyclic) bond motifs is 2. The van der Waals surface area contributed by atoms with Gasteiger partial charge in [0, 0.05) is 18.0 Å². The van der Waals surface area contributed by atoms with Crippen LogP contribution in [0.2, 0.25) is 0 Å². The molecule has 2 bridgehead atoms. The molecule has 0 aromatic rings. The zero-order valence-corrected chi connectivity index (χ0v) is 10.6. The molecule has 0 aromatic carbocycles. The maximum atomic E-state index is 12.4. The molecule has 96 valence electrons. The van der Waals surface area contributed by atoms with Crippen LogP contribution in [0.4, 0.5) is 0 Å². The van der Waals surface area contributed by atoms with Gasteiger partial charge in [-0.25, -0.2) is 0 Å². The number of nitrogens with zero attached hydrogens (tertiary/aromatic N) is 1. The summed E-state index contributed by atoms with van der Waals surface area (Å²) < 4.78 is 0. The molecular formula is C13H21NO3. The lowest BCUT2D eigenvalue weighted by molar-refractivity contribution is -0.143. The number of hydrogen-bond donors (Lipinski definition) is 1. The molecule has 2 fully saturated rings. The molecule has 0 radical (unpaired) electrons. The lowest BCUT2D eigenvalue weighted by Crippen LogP contribution is -2.41. The Bertz CT molecular complexity index is 325. The summed E-state index contributed by atoms with van der Waals surface area (Å²) in [5.74, 6) is -0.802. The molecule has 0 spiro atoms.